The highest BCUT2D eigenvalue weighted by Crippen LogP contribution is 2.39. The lowest BCUT2D eigenvalue weighted by molar-refractivity contribution is -0.159. The third-order valence-electron chi connectivity index (χ3n) is 3.39. The maximum absolute atomic E-state index is 11.4. The number of hydrogen-bond acceptors (Lipinski definition) is 7. The SMILES string of the molecule is C1CSSC1.CCCCC(=O)OC(=O)CCCC[C@@H]1CCSS1. The number of unbranched alkanes of at least 4 members (excludes halogenated alkanes) is 2. The molecule has 0 amide bonds. The number of carbonyl (C=O) groups excluding carboxylic acids is 2. The van der Waals surface area contributed by atoms with E-state index in [0.29, 0.717) is 12.8 Å². The predicted octanol–water partition coefficient (Wildman–Crippen LogP) is 5.73. The van der Waals surface area contributed by atoms with Crippen LogP contribution in [0.25, 0.3) is 0 Å². The van der Waals surface area contributed by atoms with Gasteiger partial charge < -0.3 is 4.74 Å². The van der Waals surface area contributed by atoms with E-state index in [-0.39, 0.29) is 11.9 Å². The Kier molecular flexibility index (Phi) is 13.9. The normalized spacial score (nSPS) is 20.0. The minimum atomic E-state index is -0.371. The van der Waals surface area contributed by atoms with E-state index in [1.807, 2.05) is 50.1 Å². The molecule has 2 heterocycles. The molecule has 0 spiro atoms. The molecule has 0 aromatic carbocycles. The summed E-state index contributed by atoms with van der Waals surface area (Å²) in [5, 5.41) is 0.761. The average molecular weight is 397 g/mol. The molecule has 0 N–H and O–H groups in total. The Bertz CT molecular complexity index is 322. The second-order valence-electron chi connectivity index (χ2n) is 5.52. The summed E-state index contributed by atoms with van der Waals surface area (Å²) in [4.78, 5) is 22.6. The van der Waals surface area contributed by atoms with Crippen LogP contribution in [0.1, 0.15) is 64.7 Å². The molecule has 0 unspecified atom stereocenters. The van der Waals surface area contributed by atoms with Crippen LogP contribution in [0.3, 0.4) is 0 Å². The fourth-order valence-corrected chi connectivity index (χ4v) is 7.44. The zero-order valence-electron chi connectivity index (χ0n) is 13.9. The van der Waals surface area contributed by atoms with Gasteiger partial charge in [0, 0.05) is 35.4 Å². The molecular formula is C16H28O3S4. The summed E-state index contributed by atoms with van der Waals surface area (Å²) >= 11 is 0. The first-order valence-corrected chi connectivity index (χ1v) is 13.4. The molecule has 7 heteroatoms. The zero-order chi connectivity index (χ0) is 16.8. The quantitative estimate of drug-likeness (QED) is 0.224. The summed E-state index contributed by atoms with van der Waals surface area (Å²) in [5.74, 6) is 3.28. The van der Waals surface area contributed by atoms with Gasteiger partial charge in [-0.15, -0.1) is 0 Å². The number of hydrogen-bond donors (Lipinski definition) is 0. The van der Waals surface area contributed by atoms with Gasteiger partial charge in [0.25, 0.3) is 0 Å². The summed E-state index contributed by atoms with van der Waals surface area (Å²) in [6.45, 7) is 2.01. The summed E-state index contributed by atoms with van der Waals surface area (Å²) in [6, 6.07) is 0. The molecule has 0 aliphatic carbocycles. The largest absolute Gasteiger partial charge is 0.393 e. The lowest BCUT2D eigenvalue weighted by Crippen LogP contribution is -2.12. The molecule has 0 aromatic rings. The van der Waals surface area contributed by atoms with Gasteiger partial charge in [-0.05, 0) is 32.1 Å². The highest BCUT2D eigenvalue weighted by molar-refractivity contribution is 8.77. The van der Waals surface area contributed by atoms with Gasteiger partial charge in [0.2, 0.25) is 0 Å². The monoisotopic (exact) mass is 396 g/mol. The topological polar surface area (TPSA) is 43.4 Å². The van der Waals surface area contributed by atoms with Crippen molar-refractivity contribution in [3.63, 3.8) is 0 Å². The fraction of sp³-hybridized carbons (Fsp3) is 0.875. The van der Waals surface area contributed by atoms with Crippen molar-refractivity contribution in [2.45, 2.75) is 70.0 Å². The van der Waals surface area contributed by atoms with E-state index in [1.165, 1.54) is 36.5 Å². The number of ether oxygens (including phenoxy) is 1. The molecule has 3 nitrogen and oxygen atoms in total. The maximum atomic E-state index is 11.4. The minimum absolute atomic E-state index is 0.357. The van der Waals surface area contributed by atoms with Crippen LogP contribution >= 0.6 is 43.2 Å². The van der Waals surface area contributed by atoms with Crippen LogP contribution in [0.5, 0.6) is 0 Å². The van der Waals surface area contributed by atoms with Crippen molar-refractivity contribution in [3.05, 3.63) is 0 Å². The lowest BCUT2D eigenvalue weighted by Gasteiger charge is -2.06. The molecule has 2 rings (SSSR count). The van der Waals surface area contributed by atoms with Crippen LogP contribution in [0, 0.1) is 0 Å². The van der Waals surface area contributed by atoms with E-state index in [1.54, 1.807) is 0 Å². The first-order chi connectivity index (χ1) is 11.2. The summed E-state index contributed by atoms with van der Waals surface area (Å²) in [6.07, 6.45) is 8.25. The van der Waals surface area contributed by atoms with Crippen LogP contribution in [0.2, 0.25) is 0 Å². The first kappa shape index (κ1) is 21.6. The molecule has 2 aliphatic heterocycles. The molecule has 134 valence electrons. The Hall–Kier alpha value is 0.540. The van der Waals surface area contributed by atoms with Crippen LogP contribution in [-0.4, -0.2) is 34.4 Å². The molecule has 1 atom stereocenters. The molecule has 0 aromatic heterocycles. The van der Waals surface area contributed by atoms with Gasteiger partial charge in [0.1, 0.15) is 0 Å². The van der Waals surface area contributed by atoms with Crippen molar-refractivity contribution in [2.75, 3.05) is 17.3 Å². The van der Waals surface area contributed by atoms with Gasteiger partial charge in [-0.25, -0.2) is 0 Å². The molecule has 0 saturated carbocycles. The molecule has 2 aliphatic rings. The van der Waals surface area contributed by atoms with Gasteiger partial charge in [0.15, 0.2) is 0 Å². The molecule has 0 bridgehead atoms. The van der Waals surface area contributed by atoms with Gasteiger partial charge in [-0.3, -0.25) is 9.59 Å². The smallest absolute Gasteiger partial charge is 0.313 e. The maximum Gasteiger partial charge on any atom is 0.313 e. The van der Waals surface area contributed by atoms with Crippen LogP contribution < -0.4 is 0 Å². The summed E-state index contributed by atoms with van der Waals surface area (Å²) < 4.78 is 4.74. The van der Waals surface area contributed by atoms with E-state index in [2.05, 4.69) is 0 Å². The third-order valence-corrected chi connectivity index (χ3v) is 8.97. The van der Waals surface area contributed by atoms with Crippen molar-refractivity contribution < 1.29 is 14.3 Å². The first-order valence-electron chi connectivity index (χ1n) is 8.48. The van der Waals surface area contributed by atoms with E-state index in [4.69, 9.17) is 4.74 Å². The average Bonchev–Trinajstić information content (AvgIpc) is 3.25. The summed E-state index contributed by atoms with van der Waals surface area (Å²) in [5.41, 5.74) is 0. The lowest BCUT2D eigenvalue weighted by atomic mass is 10.1. The number of rotatable bonds is 8. The van der Waals surface area contributed by atoms with E-state index >= 15 is 0 Å². The van der Waals surface area contributed by atoms with Gasteiger partial charge in [-0.2, -0.15) is 0 Å². The van der Waals surface area contributed by atoms with Crippen molar-refractivity contribution in [3.8, 4) is 0 Å². The Morgan fingerprint density at radius 3 is 2.17 bits per heavy atom. The zero-order valence-corrected chi connectivity index (χ0v) is 17.2. The van der Waals surface area contributed by atoms with Crippen LogP contribution in [0.4, 0.5) is 0 Å². The Morgan fingerprint density at radius 1 is 0.957 bits per heavy atom. The molecule has 2 saturated heterocycles. The minimum Gasteiger partial charge on any atom is -0.393 e. The molecular weight excluding hydrogens is 368 g/mol. The highest BCUT2D eigenvalue weighted by atomic mass is 33.1. The number of esters is 2. The molecule has 2 fully saturated rings. The van der Waals surface area contributed by atoms with Gasteiger partial charge in [0.05, 0.1) is 0 Å². The molecule has 23 heavy (non-hydrogen) atoms. The van der Waals surface area contributed by atoms with Gasteiger partial charge in [-0.1, -0.05) is 62.9 Å². The van der Waals surface area contributed by atoms with Crippen molar-refractivity contribution in [1.29, 1.82) is 0 Å². The predicted molar refractivity (Wildman–Crippen MR) is 107 cm³/mol. The second-order valence-corrected chi connectivity index (χ2v) is 11.0. The Balaban J connectivity index is 0.000000446. The summed E-state index contributed by atoms with van der Waals surface area (Å²) in [7, 11) is 7.89. The van der Waals surface area contributed by atoms with E-state index < -0.39 is 0 Å². The van der Waals surface area contributed by atoms with Crippen LogP contribution in [0.15, 0.2) is 0 Å². The highest BCUT2D eigenvalue weighted by Gasteiger charge is 2.16. The second kappa shape index (κ2) is 14.8. The standard InChI is InChI=1S/C13H22O3S2.C3H6S2/c1-2-3-7-12(14)16-13(15)8-5-4-6-11-9-10-17-18-11;1-2-4-5-3-1/h11H,2-10H2,1H3;1-3H2/t11-;/m1./s1. The van der Waals surface area contributed by atoms with Gasteiger partial charge >= 0.3 is 11.9 Å². The molecule has 0 radical (unpaired) electrons. The third kappa shape index (κ3) is 12.5. The Morgan fingerprint density at radius 2 is 1.65 bits per heavy atom. The van der Waals surface area contributed by atoms with Crippen LogP contribution in [-0.2, 0) is 14.3 Å². The van der Waals surface area contributed by atoms with Crippen molar-refractivity contribution >= 4 is 55.1 Å². The number of carbonyl (C=O) groups is 2. The van der Waals surface area contributed by atoms with E-state index in [9.17, 15) is 9.59 Å². The van der Waals surface area contributed by atoms with E-state index in [0.717, 1.165) is 30.9 Å². The van der Waals surface area contributed by atoms with Crippen molar-refractivity contribution in [2.24, 2.45) is 0 Å². The Labute approximate surface area is 156 Å². The van der Waals surface area contributed by atoms with Crippen molar-refractivity contribution in [1.82, 2.24) is 0 Å². The fourth-order valence-electron chi connectivity index (χ4n) is 2.05.